The molecule has 2 N–H and O–H groups in total. The van der Waals surface area contributed by atoms with Gasteiger partial charge in [0, 0.05) is 35.8 Å². The van der Waals surface area contributed by atoms with Crippen LogP contribution in [-0.4, -0.2) is 45.4 Å². The molecule has 2 amide bonds. The standard InChI is InChI=1S/C27H29Cl2N5O3/c1-5-15(2)31-27-32-23-14-33(25(36)18-8-11-21(28)22(29)13-18)16(3)12-20(23)26(37)34(27)19-9-6-17(7-10-19)24(35)30-4/h6-11,13,15-16H,5,12,14H2,1-4H3,(H,30,35)(H,31,32)/t15-,16-/m1/s1. The van der Waals surface area contributed by atoms with Crippen LogP contribution < -0.4 is 16.2 Å². The van der Waals surface area contributed by atoms with Gasteiger partial charge in [0.15, 0.2) is 0 Å². The third kappa shape index (κ3) is 5.36. The Balaban J connectivity index is 1.76. The summed E-state index contributed by atoms with van der Waals surface area (Å²) in [5, 5.41) is 6.61. The first-order valence-corrected chi connectivity index (χ1v) is 12.9. The molecule has 0 fully saturated rings. The highest BCUT2D eigenvalue weighted by Crippen LogP contribution is 2.27. The van der Waals surface area contributed by atoms with E-state index in [4.69, 9.17) is 28.2 Å². The molecule has 0 aliphatic carbocycles. The highest BCUT2D eigenvalue weighted by atomic mass is 35.5. The predicted molar refractivity (Wildman–Crippen MR) is 146 cm³/mol. The fourth-order valence-electron chi connectivity index (χ4n) is 4.29. The lowest BCUT2D eigenvalue weighted by molar-refractivity contribution is 0.0653. The summed E-state index contributed by atoms with van der Waals surface area (Å²) in [5.74, 6) is -0.0211. The van der Waals surface area contributed by atoms with Crippen molar-refractivity contribution >= 4 is 41.0 Å². The molecule has 0 saturated heterocycles. The molecule has 10 heteroatoms. The van der Waals surface area contributed by atoms with Gasteiger partial charge in [0.05, 0.1) is 28.0 Å². The summed E-state index contributed by atoms with van der Waals surface area (Å²) in [4.78, 5) is 45.7. The maximum absolute atomic E-state index is 13.8. The first-order valence-electron chi connectivity index (χ1n) is 12.1. The van der Waals surface area contributed by atoms with Crippen molar-refractivity contribution in [2.24, 2.45) is 0 Å². The normalized spacial score (nSPS) is 15.6. The number of benzene rings is 2. The Morgan fingerprint density at radius 2 is 1.78 bits per heavy atom. The number of anilines is 1. The molecule has 8 nitrogen and oxygen atoms in total. The fourth-order valence-corrected chi connectivity index (χ4v) is 4.59. The zero-order chi connectivity index (χ0) is 26.9. The van der Waals surface area contributed by atoms with Crippen molar-refractivity contribution in [1.29, 1.82) is 0 Å². The maximum atomic E-state index is 13.8. The second-order valence-corrected chi connectivity index (χ2v) is 10.0. The summed E-state index contributed by atoms with van der Waals surface area (Å²) in [6.45, 7) is 6.14. The van der Waals surface area contributed by atoms with E-state index in [0.717, 1.165) is 6.42 Å². The number of halogens is 2. The number of fused-ring (bicyclic) bond motifs is 1. The molecule has 0 unspecified atom stereocenters. The average molecular weight is 542 g/mol. The summed E-state index contributed by atoms with van der Waals surface area (Å²) >= 11 is 12.2. The van der Waals surface area contributed by atoms with Gasteiger partial charge in [0.25, 0.3) is 17.4 Å². The number of rotatable bonds is 6. The second kappa shape index (κ2) is 10.9. The number of hydrogen-bond donors (Lipinski definition) is 2. The minimum absolute atomic E-state index is 0.0535. The van der Waals surface area contributed by atoms with Crippen LogP contribution in [-0.2, 0) is 13.0 Å². The van der Waals surface area contributed by atoms with Crippen molar-refractivity contribution in [3.8, 4) is 5.69 Å². The number of nitrogens with one attached hydrogen (secondary N) is 2. The Hall–Kier alpha value is -3.36. The molecule has 0 saturated carbocycles. The Kier molecular flexibility index (Phi) is 7.90. The van der Waals surface area contributed by atoms with Crippen LogP contribution in [0.5, 0.6) is 0 Å². The van der Waals surface area contributed by atoms with E-state index >= 15 is 0 Å². The van der Waals surface area contributed by atoms with E-state index in [1.165, 1.54) is 0 Å². The lowest BCUT2D eigenvalue weighted by Crippen LogP contribution is -2.46. The third-order valence-corrected chi connectivity index (χ3v) is 7.38. The quantitative estimate of drug-likeness (QED) is 0.471. The third-order valence-electron chi connectivity index (χ3n) is 6.64. The van der Waals surface area contributed by atoms with Crippen LogP contribution in [0.3, 0.4) is 0 Å². The van der Waals surface area contributed by atoms with Crippen molar-refractivity contribution in [2.45, 2.75) is 52.2 Å². The lowest BCUT2D eigenvalue weighted by Gasteiger charge is -2.35. The van der Waals surface area contributed by atoms with Crippen molar-refractivity contribution < 1.29 is 9.59 Å². The van der Waals surface area contributed by atoms with E-state index < -0.39 is 0 Å². The summed E-state index contributed by atoms with van der Waals surface area (Å²) < 4.78 is 1.54. The SMILES string of the molecule is CC[C@@H](C)Nc1nc2c(c(=O)n1-c1ccc(C(=O)NC)cc1)C[C@@H](C)N(C(=O)c1ccc(Cl)c(Cl)c1)C2. The Bertz CT molecular complexity index is 1400. The number of hydrogen-bond acceptors (Lipinski definition) is 5. The smallest absolute Gasteiger partial charge is 0.263 e. The van der Waals surface area contributed by atoms with Gasteiger partial charge in [-0.1, -0.05) is 30.1 Å². The van der Waals surface area contributed by atoms with Crippen molar-refractivity contribution in [3.63, 3.8) is 0 Å². The number of aromatic nitrogens is 2. The van der Waals surface area contributed by atoms with E-state index in [1.807, 2.05) is 20.8 Å². The van der Waals surface area contributed by atoms with Gasteiger partial charge in [0.2, 0.25) is 5.95 Å². The van der Waals surface area contributed by atoms with Crippen molar-refractivity contribution in [3.05, 3.63) is 85.2 Å². The van der Waals surface area contributed by atoms with Gasteiger partial charge >= 0.3 is 0 Å². The van der Waals surface area contributed by atoms with E-state index in [1.54, 1.807) is 59.0 Å². The maximum Gasteiger partial charge on any atom is 0.263 e. The molecule has 0 spiro atoms. The van der Waals surface area contributed by atoms with Gasteiger partial charge in [-0.2, -0.15) is 0 Å². The molecule has 0 radical (unpaired) electrons. The monoisotopic (exact) mass is 541 g/mol. The molecule has 1 aliphatic rings. The highest BCUT2D eigenvalue weighted by Gasteiger charge is 2.32. The molecule has 0 bridgehead atoms. The molecular formula is C27H29Cl2N5O3. The first kappa shape index (κ1) is 26.7. The minimum Gasteiger partial charge on any atom is -0.355 e. The summed E-state index contributed by atoms with van der Waals surface area (Å²) in [7, 11) is 1.57. The van der Waals surface area contributed by atoms with E-state index in [-0.39, 0.29) is 36.0 Å². The molecule has 2 atom stereocenters. The van der Waals surface area contributed by atoms with Crippen LogP contribution in [0.4, 0.5) is 5.95 Å². The summed E-state index contributed by atoms with van der Waals surface area (Å²) in [6, 6.07) is 11.4. The topological polar surface area (TPSA) is 96.3 Å². The Labute approximate surface area is 225 Å². The highest BCUT2D eigenvalue weighted by molar-refractivity contribution is 6.42. The van der Waals surface area contributed by atoms with Gasteiger partial charge in [0.1, 0.15) is 0 Å². The van der Waals surface area contributed by atoms with Crippen LogP contribution in [0.15, 0.2) is 47.3 Å². The van der Waals surface area contributed by atoms with Gasteiger partial charge < -0.3 is 15.5 Å². The molecule has 194 valence electrons. The second-order valence-electron chi connectivity index (χ2n) is 9.20. The first-order chi connectivity index (χ1) is 17.6. The van der Waals surface area contributed by atoms with Crippen LogP contribution >= 0.6 is 23.2 Å². The fraction of sp³-hybridized carbons (Fsp3) is 0.333. The number of carbonyl (C=O) groups is 2. The largest absolute Gasteiger partial charge is 0.355 e. The van der Waals surface area contributed by atoms with Gasteiger partial charge in [-0.15, -0.1) is 0 Å². The number of nitrogens with zero attached hydrogens (tertiary/aromatic N) is 3. The Morgan fingerprint density at radius 1 is 1.11 bits per heavy atom. The molecule has 1 aliphatic heterocycles. The van der Waals surface area contributed by atoms with Crippen LogP contribution in [0.25, 0.3) is 5.69 Å². The van der Waals surface area contributed by atoms with Crippen molar-refractivity contribution in [1.82, 2.24) is 19.8 Å². The van der Waals surface area contributed by atoms with E-state index in [9.17, 15) is 14.4 Å². The van der Waals surface area contributed by atoms with E-state index in [0.29, 0.717) is 50.5 Å². The molecule has 37 heavy (non-hydrogen) atoms. The van der Waals surface area contributed by atoms with Gasteiger partial charge in [-0.25, -0.2) is 9.55 Å². The van der Waals surface area contributed by atoms with Crippen LogP contribution in [0.2, 0.25) is 10.0 Å². The molecule has 2 aromatic carbocycles. The molecule has 2 heterocycles. The number of carbonyl (C=O) groups excluding carboxylic acids is 2. The average Bonchev–Trinajstić information content (AvgIpc) is 2.89. The van der Waals surface area contributed by atoms with Crippen molar-refractivity contribution in [2.75, 3.05) is 12.4 Å². The summed E-state index contributed by atoms with van der Waals surface area (Å²) in [6.07, 6.45) is 1.18. The Morgan fingerprint density at radius 3 is 2.41 bits per heavy atom. The van der Waals surface area contributed by atoms with Gasteiger partial charge in [-0.3, -0.25) is 14.4 Å². The molecule has 1 aromatic heterocycles. The van der Waals surface area contributed by atoms with E-state index in [2.05, 4.69) is 10.6 Å². The predicted octanol–water partition coefficient (Wildman–Crippen LogP) is 4.70. The molecular weight excluding hydrogens is 513 g/mol. The lowest BCUT2D eigenvalue weighted by atomic mass is 9.98. The van der Waals surface area contributed by atoms with Gasteiger partial charge in [-0.05, 0) is 69.2 Å². The van der Waals surface area contributed by atoms with Crippen LogP contribution in [0.1, 0.15) is 59.2 Å². The molecule has 3 aromatic rings. The van der Waals surface area contributed by atoms with Crippen LogP contribution in [0, 0.1) is 0 Å². The minimum atomic E-state index is -0.235. The zero-order valence-electron chi connectivity index (χ0n) is 21.1. The molecule has 4 rings (SSSR count). The zero-order valence-corrected chi connectivity index (χ0v) is 22.7. The summed E-state index contributed by atoms with van der Waals surface area (Å²) in [5.41, 5.74) is 2.44. The number of amides is 2.